The number of rotatable bonds is 7. The molecule has 5 rings (SSSR count). The average molecular weight is 508 g/mol. The van der Waals surface area contributed by atoms with Crippen LogP contribution in [0.5, 0.6) is 0 Å². The van der Waals surface area contributed by atoms with Gasteiger partial charge in [-0.15, -0.1) is 0 Å². The Kier molecular flexibility index (Phi) is 7.61. The molecule has 38 heavy (non-hydrogen) atoms. The van der Waals surface area contributed by atoms with Crippen molar-refractivity contribution in [3.8, 4) is 11.1 Å². The minimum absolute atomic E-state index is 0.217. The maximum absolute atomic E-state index is 13.8. The van der Waals surface area contributed by atoms with Crippen molar-refractivity contribution in [2.24, 2.45) is 4.99 Å². The van der Waals surface area contributed by atoms with E-state index >= 15 is 0 Å². The number of aliphatic imine (C=N–C) groups is 1. The summed E-state index contributed by atoms with van der Waals surface area (Å²) in [4.78, 5) is 17.6. The number of aliphatic hydroxyl groups excluding tert-OH is 1. The number of amides is 1. The molecule has 0 bridgehead atoms. The van der Waals surface area contributed by atoms with Crippen LogP contribution in [0.3, 0.4) is 0 Å². The van der Waals surface area contributed by atoms with E-state index in [1.807, 2.05) is 73.7 Å². The van der Waals surface area contributed by atoms with Crippen LogP contribution in [0.4, 0.5) is 10.1 Å². The Morgan fingerprint density at radius 1 is 0.947 bits per heavy atom. The van der Waals surface area contributed by atoms with E-state index in [1.54, 1.807) is 24.3 Å². The van der Waals surface area contributed by atoms with Crippen molar-refractivity contribution in [1.29, 1.82) is 0 Å². The van der Waals surface area contributed by atoms with E-state index in [9.17, 15) is 14.3 Å². The molecule has 1 aliphatic rings. The number of hydrogen-bond acceptors (Lipinski definition) is 3. The number of nitrogens with zero attached hydrogens (tertiary/aromatic N) is 1. The van der Waals surface area contributed by atoms with Crippen molar-refractivity contribution in [2.45, 2.75) is 31.9 Å². The van der Waals surface area contributed by atoms with E-state index in [0.29, 0.717) is 36.3 Å². The predicted octanol–water partition coefficient (Wildman–Crippen LogP) is 5.95. The number of carbonyl (C=O) groups excluding carboxylic acids is 1. The molecule has 2 atom stereocenters. The van der Waals surface area contributed by atoms with Crippen LogP contribution in [0, 0.1) is 5.82 Å². The molecule has 4 aromatic rings. The zero-order valence-corrected chi connectivity index (χ0v) is 21.2. The lowest BCUT2D eigenvalue weighted by atomic mass is 10.0. The zero-order valence-electron chi connectivity index (χ0n) is 21.2. The average Bonchev–Trinajstić information content (AvgIpc) is 3.24. The van der Waals surface area contributed by atoms with E-state index in [4.69, 9.17) is 0 Å². The summed E-state index contributed by atoms with van der Waals surface area (Å²) < 4.78 is 13.8. The predicted molar refractivity (Wildman–Crippen MR) is 150 cm³/mol. The first kappa shape index (κ1) is 25.4. The molecule has 0 aromatic heterocycles. The third-order valence-electron chi connectivity index (χ3n) is 6.85. The van der Waals surface area contributed by atoms with Gasteiger partial charge in [0.05, 0.1) is 18.0 Å². The van der Waals surface area contributed by atoms with Gasteiger partial charge < -0.3 is 15.7 Å². The molecular weight excluding hydrogens is 477 g/mol. The number of amidine groups is 1. The van der Waals surface area contributed by atoms with Crippen LogP contribution < -0.4 is 10.6 Å². The van der Waals surface area contributed by atoms with Crippen LogP contribution in [0.2, 0.25) is 0 Å². The Labute approximate surface area is 222 Å². The second-order valence-electron chi connectivity index (χ2n) is 9.51. The van der Waals surface area contributed by atoms with Gasteiger partial charge in [-0.3, -0.25) is 9.79 Å². The third kappa shape index (κ3) is 5.82. The van der Waals surface area contributed by atoms with Crippen LogP contribution in [-0.4, -0.2) is 29.5 Å². The number of benzene rings is 4. The maximum atomic E-state index is 13.8. The molecule has 192 valence electrons. The molecule has 0 radical (unpaired) electrons. The van der Waals surface area contributed by atoms with Crippen molar-refractivity contribution in [1.82, 2.24) is 5.32 Å². The van der Waals surface area contributed by atoms with Gasteiger partial charge >= 0.3 is 0 Å². The number of aliphatic hydroxyl groups is 1. The number of anilines is 1. The highest BCUT2D eigenvalue weighted by Gasteiger charge is 2.32. The Hall–Kier alpha value is -4.29. The summed E-state index contributed by atoms with van der Waals surface area (Å²) in [6.07, 6.45) is 0.287. The Balaban J connectivity index is 1.24. The third-order valence-corrected chi connectivity index (χ3v) is 6.85. The van der Waals surface area contributed by atoms with Crippen LogP contribution in [-0.2, 0) is 12.8 Å². The van der Waals surface area contributed by atoms with Crippen molar-refractivity contribution in [3.05, 3.63) is 125 Å². The fourth-order valence-corrected chi connectivity index (χ4v) is 4.84. The minimum atomic E-state index is -0.705. The van der Waals surface area contributed by atoms with Gasteiger partial charge in [-0.25, -0.2) is 4.39 Å². The van der Waals surface area contributed by atoms with E-state index in [0.717, 1.165) is 27.9 Å². The van der Waals surface area contributed by atoms with Gasteiger partial charge in [0.2, 0.25) is 0 Å². The smallest absolute Gasteiger partial charge is 0.251 e. The standard InChI is InChI=1S/C32H30FN3O2/c1-21(34-18-17-24-9-5-6-10-29(24)33)35-27-16-15-26-19-30(37)31(28(26)20-27)36-32(38)25-13-11-23(12-14-25)22-7-3-2-4-8-22/h2-16,20,30-31,37H,17-19H2,1H3,(H,34,35)(H,36,38)/t30-,31-/m1/s1. The van der Waals surface area contributed by atoms with Gasteiger partial charge in [0.25, 0.3) is 5.91 Å². The molecule has 0 aliphatic heterocycles. The summed E-state index contributed by atoms with van der Waals surface area (Å²) in [6.45, 7) is 2.33. The summed E-state index contributed by atoms with van der Waals surface area (Å²) in [7, 11) is 0. The molecular formula is C32H30FN3O2. The molecule has 1 aliphatic carbocycles. The fraction of sp³-hybridized carbons (Fsp3) is 0.188. The summed E-state index contributed by atoms with van der Waals surface area (Å²) >= 11 is 0. The second kappa shape index (κ2) is 11.4. The van der Waals surface area contributed by atoms with E-state index in [2.05, 4.69) is 15.6 Å². The highest BCUT2D eigenvalue weighted by molar-refractivity contribution is 5.95. The maximum Gasteiger partial charge on any atom is 0.251 e. The number of carbonyl (C=O) groups is 1. The quantitative estimate of drug-likeness (QED) is 0.214. The SMILES string of the molecule is CC(=NCCc1ccccc1F)Nc1ccc2c(c1)[C@@H](NC(=O)c1ccc(-c3ccccc3)cc1)[C@H](O)C2. The number of halogens is 1. The molecule has 3 N–H and O–H groups in total. The van der Waals surface area contributed by atoms with Gasteiger partial charge in [-0.05, 0) is 71.5 Å². The fourth-order valence-electron chi connectivity index (χ4n) is 4.84. The van der Waals surface area contributed by atoms with Crippen LogP contribution in [0.1, 0.15) is 40.0 Å². The van der Waals surface area contributed by atoms with Gasteiger partial charge in [-0.2, -0.15) is 0 Å². The van der Waals surface area contributed by atoms with Gasteiger partial charge in [0.1, 0.15) is 5.82 Å². The second-order valence-corrected chi connectivity index (χ2v) is 9.51. The molecule has 5 nitrogen and oxygen atoms in total. The number of nitrogens with one attached hydrogen (secondary N) is 2. The van der Waals surface area contributed by atoms with Crippen molar-refractivity contribution in [2.75, 3.05) is 11.9 Å². The first-order valence-corrected chi connectivity index (χ1v) is 12.8. The Bertz CT molecular complexity index is 1450. The lowest BCUT2D eigenvalue weighted by Crippen LogP contribution is -2.33. The largest absolute Gasteiger partial charge is 0.390 e. The summed E-state index contributed by atoms with van der Waals surface area (Å²) in [5.41, 5.74) is 6.01. The van der Waals surface area contributed by atoms with Crippen LogP contribution >= 0.6 is 0 Å². The van der Waals surface area contributed by atoms with Crippen molar-refractivity contribution < 1.29 is 14.3 Å². The molecule has 4 aromatic carbocycles. The van der Waals surface area contributed by atoms with Gasteiger partial charge in [0, 0.05) is 24.2 Å². The lowest BCUT2D eigenvalue weighted by Gasteiger charge is -2.19. The highest BCUT2D eigenvalue weighted by Crippen LogP contribution is 2.34. The molecule has 1 amide bonds. The lowest BCUT2D eigenvalue weighted by molar-refractivity contribution is 0.0858. The molecule has 0 unspecified atom stereocenters. The van der Waals surface area contributed by atoms with Crippen LogP contribution in [0.25, 0.3) is 11.1 Å². The molecule has 0 fully saturated rings. The Morgan fingerprint density at radius 2 is 1.66 bits per heavy atom. The van der Waals surface area contributed by atoms with E-state index < -0.39 is 12.1 Å². The van der Waals surface area contributed by atoms with Crippen LogP contribution in [0.15, 0.2) is 102 Å². The number of hydrogen-bond donors (Lipinski definition) is 3. The summed E-state index contributed by atoms with van der Waals surface area (Å²) in [5, 5.41) is 17.0. The first-order chi connectivity index (χ1) is 18.5. The Morgan fingerprint density at radius 3 is 2.42 bits per heavy atom. The minimum Gasteiger partial charge on any atom is -0.390 e. The molecule has 0 spiro atoms. The molecule has 6 heteroatoms. The highest BCUT2D eigenvalue weighted by atomic mass is 19.1. The van der Waals surface area contributed by atoms with Gasteiger partial charge in [0.15, 0.2) is 0 Å². The molecule has 0 saturated heterocycles. The van der Waals surface area contributed by atoms with Crippen molar-refractivity contribution in [3.63, 3.8) is 0 Å². The first-order valence-electron chi connectivity index (χ1n) is 12.8. The normalized spacial score (nSPS) is 16.7. The molecule has 0 heterocycles. The number of fused-ring (bicyclic) bond motifs is 1. The summed E-state index contributed by atoms with van der Waals surface area (Å²) in [5.74, 6) is 0.260. The van der Waals surface area contributed by atoms with E-state index in [-0.39, 0.29) is 11.7 Å². The van der Waals surface area contributed by atoms with Crippen molar-refractivity contribution >= 4 is 17.4 Å². The topological polar surface area (TPSA) is 73.7 Å². The zero-order chi connectivity index (χ0) is 26.5. The van der Waals surface area contributed by atoms with E-state index in [1.165, 1.54) is 6.07 Å². The van der Waals surface area contributed by atoms with Gasteiger partial charge in [-0.1, -0.05) is 66.7 Å². The summed E-state index contributed by atoms with van der Waals surface area (Å²) in [6, 6.07) is 29.5. The monoisotopic (exact) mass is 507 g/mol. The molecule has 0 saturated carbocycles.